The monoisotopic (exact) mass is 504 g/mol. The average molecular weight is 505 g/mol. The van der Waals surface area contributed by atoms with Crippen molar-refractivity contribution in [1.82, 2.24) is 10.6 Å². The molecular formula is C24H28N2O6S2. The van der Waals surface area contributed by atoms with Crippen LogP contribution < -0.4 is 10.6 Å². The highest BCUT2D eigenvalue weighted by molar-refractivity contribution is 8.76. The summed E-state index contributed by atoms with van der Waals surface area (Å²) in [5, 5.41) is 5.67. The van der Waals surface area contributed by atoms with Crippen LogP contribution in [0.15, 0.2) is 58.3 Å². The first-order chi connectivity index (χ1) is 16.4. The minimum absolute atomic E-state index is 0.217. The third-order valence-corrected chi connectivity index (χ3v) is 6.79. The summed E-state index contributed by atoms with van der Waals surface area (Å²) < 4.78 is 9.73. The van der Waals surface area contributed by atoms with Crippen LogP contribution in [0.5, 0.6) is 0 Å². The topological polar surface area (TPSA) is 111 Å². The second-order valence-corrected chi connectivity index (χ2v) is 9.27. The van der Waals surface area contributed by atoms with E-state index in [4.69, 9.17) is 9.47 Å². The minimum Gasteiger partial charge on any atom is -0.466 e. The molecule has 0 fully saturated rings. The zero-order valence-electron chi connectivity index (χ0n) is 19.1. The van der Waals surface area contributed by atoms with Gasteiger partial charge in [0.05, 0.1) is 24.3 Å². The number of benzene rings is 2. The zero-order chi connectivity index (χ0) is 24.8. The fraction of sp³-hybridized carbons (Fsp3) is 0.333. The molecule has 0 aliphatic heterocycles. The fourth-order valence-corrected chi connectivity index (χ4v) is 5.07. The maximum absolute atomic E-state index is 12.6. The standard InChI is InChI=1S/C24H28N2O6S2/c1-17(27)31-15-7-13-25-23(29)19-9-3-5-11-21(19)33-34-22-12-6-4-10-20(22)24(30)26-14-8-16-32-18(2)28/h3-6,9-12H,7-8,13-16H2,1-2H3,(H,25,29)(H,26,30). The number of carbonyl (C=O) groups is 4. The van der Waals surface area contributed by atoms with Crippen LogP contribution in [0.2, 0.25) is 0 Å². The SMILES string of the molecule is CC(=O)OCCCNC(=O)c1ccccc1SSc1ccccc1C(=O)NCCCOC(C)=O. The summed E-state index contributed by atoms with van der Waals surface area (Å²) in [7, 11) is 2.78. The van der Waals surface area contributed by atoms with E-state index in [-0.39, 0.29) is 37.0 Å². The largest absolute Gasteiger partial charge is 0.466 e. The molecule has 0 saturated heterocycles. The number of hydrogen-bond acceptors (Lipinski definition) is 8. The second kappa shape index (κ2) is 15.0. The van der Waals surface area contributed by atoms with E-state index in [1.807, 2.05) is 24.3 Å². The van der Waals surface area contributed by atoms with Crippen LogP contribution in [0.25, 0.3) is 0 Å². The number of hydrogen-bond donors (Lipinski definition) is 2. The molecule has 2 aromatic carbocycles. The van der Waals surface area contributed by atoms with E-state index in [9.17, 15) is 19.2 Å². The maximum atomic E-state index is 12.6. The summed E-state index contributed by atoms with van der Waals surface area (Å²) in [6.45, 7) is 3.97. The van der Waals surface area contributed by atoms with E-state index in [1.165, 1.54) is 35.4 Å². The lowest BCUT2D eigenvalue weighted by atomic mass is 10.2. The van der Waals surface area contributed by atoms with Gasteiger partial charge in [-0.25, -0.2) is 0 Å². The number of amides is 2. The van der Waals surface area contributed by atoms with Crippen LogP contribution in [-0.4, -0.2) is 50.1 Å². The molecule has 0 aliphatic rings. The molecule has 0 unspecified atom stereocenters. The van der Waals surface area contributed by atoms with Crippen molar-refractivity contribution in [1.29, 1.82) is 0 Å². The molecule has 0 aliphatic carbocycles. The number of rotatable bonds is 13. The summed E-state index contributed by atoms with van der Waals surface area (Å²) >= 11 is 0. The van der Waals surface area contributed by atoms with Crippen molar-refractivity contribution in [2.75, 3.05) is 26.3 Å². The Balaban J connectivity index is 1.93. The maximum Gasteiger partial charge on any atom is 0.302 e. The van der Waals surface area contributed by atoms with Crippen molar-refractivity contribution in [3.8, 4) is 0 Å². The second-order valence-electron chi connectivity index (χ2n) is 7.06. The molecule has 0 saturated carbocycles. The molecule has 10 heteroatoms. The molecule has 2 aromatic rings. The Bertz CT molecular complexity index is 919. The van der Waals surface area contributed by atoms with Crippen LogP contribution in [0.4, 0.5) is 0 Å². The summed E-state index contributed by atoms with van der Waals surface area (Å²) in [5.41, 5.74) is 1.06. The Hall–Kier alpha value is -2.98. The fourth-order valence-electron chi connectivity index (χ4n) is 2.71. The normalized spacial score (nSPS) is 10.3. The Morgan fingerprint density at radius 3 is 1.44 bits per heavy atom. The van der Waals surface area contributed by atoms with Gasteiger partial charge in [0, 0.05) is 36.7 Å². The highest BCUT2D eigenvalue weighted by atomic mass is 33.1. The minimum atomic E-state index is -0.346. The molecule has 8 nitrogen and oxygen atoms in total. The van der Waals surface area contributed by atoms with Crippen molar-refractivity contribution in [3.63, 3.8) is 0 Å². The van der Waals surface area contributed by atoms with E-state index in [0.717, 1.165) is 9.79 Å². The van der Waals surface area contributed by atoms with Gasteiger partial charge >= 0.3 is 11.9 Å². The zero-order valence-corrected chi connectivity index (χ0v) is 20.8. The predicted molar refractivity (Wildman–Crippen MR) is 132 cm³/mol. The Morgan fingerprint density at radius 1 is 0.676 bits per heavy atom. The molecule has 0 atom stereocenters. The van der Waals surface area contributed by atoms with Gasteiger partial charge in [0.25, 0.3) is 11.8 Å². The Morgan fingerprint density at radius 2 is 1.06 bits per heavy atom. The molecular weight excluding hydrogens is 476 g/mol. The average Bonchev–Trinajstić information content (AvgIpc) is 2.82. The van der Waals surface area contributed by atoms with Crippen LogP contribution in [0, 0.1) is 0 Å². The van der Waals surface area contributed by atoms with E-state index >= 15 is 0 Å². The van der Waals surface area contributed by atoms with Crippen molar-refractivity contribution in [2.24, 2.45) is 0 Å². The quantitative estimate of drug-likeness (QED) is 0.240. The summed E-state index contributed by atoms with van der Waals surface area (Å²) in [6, 6.07) is 14.5. The van der Waals surface area contributed by atoms with Crippen LogP contribution in [0.3, 0.4) is 0 Å². The lowest BCUT2D eigenvalue weighted by Crippen LogP contribution is -2.26. The van der Waals surface area contributed by atoms with Gasteiger partial charge in [-0.1, -0.05) is 45.9 Å². The summed E-state index contributed by atoms with van der Waals surface area (Å²) in [4.78, 5) is 48.4. The first kappa shape index (κ1) is 27.3. The van der Waals surface area contributed by atoms with Crippen molar-refractivity contribution in [2.45, 2.75) is 36.5 Å². The van der Waals surface area contributed by atoms with Crippen LogP contribution >= 0.6 is 21.6 Å². The highest BCUT2D eigenvalue weighted by Gasteiger charge is 2.15. The molecule has 0 spiro atoms. The molecule has 0 radical (unpaired) electrons. The predicted octanol–water partition coefficient (Wildman–Crippen LogP) is 3.85. The van der Waals surface area contributed by atoms with Gasteiger partial charge in [0.15, 0.2) is 0 Å². The molecule has 0 aromatic heterocycles. The molecule has 182 valence electrons. The molecule has 2 amide bonds. The number of ether oxygens (including phenoxy) is 2. The molecule has 0 bridgehead atoms. The molecule has 0 heterocycles. The van der Waals surface area contributed by atoms with E-state index in [2.05, 4.69) is 10.6 Å². The molecule has 34 heavy (non-hydrogen) atoms. The Kier molecular flexibility index (Phi) is 12.0. The van der Waals surface area contributed by atoms with E-state index in [1.54, 1.807) is 24.3 Å². The number of esters is 2. The van der Waals surface area contributed by atoms with Crippen LogP contribution in [-0.2, 0) is 19.1 Å². The van der Waals surface area contributed by atoms with Gasteiger partial charge in [-0.15, -0.1) is 0 Å². The van der Waals surface area contributed by atoms with Crippen molar-refractivity contribution < 1.29 is 28.7 Å². The van der Waals surface area contributed by atoms with Gasteiger partial charge in [-0.2, -0.15) is 0 Å². The lowest BCUT2D eigenvalue weighted by molar-refractivity contribution is -0.141. The van der Waals surface area contributed by atoms with Gasteiger partial charge in [-0.3, -0.25) is 19.2 Å². The summed E-state index contributed by atoms with van der Waals surface area (Å²) in [5.74, 6) is -1.13. The third kappa shape index (κ3) is 9.88. The van der Waals surface area contributed by atoms with Gasteiger partial charge in [0.1, 0.15) is 0 Å². The molecule has 2 N–H and O–H groups in total. The summed E-state index contributed by atoms with van der Waals surface area (Å²) in [6.07, 6.45) is 1.05. The van der Waals surface area contributed by atoms with Gasteiger partial charge in [0.2, 0.25) is 0 Å². The third-order valence-electron chi connectivity index (χ3n) is 4.31. The van der Waals surface area contributed by atoms with Gasteiger partial charge < -0.3 is 20.1 Å². The smallest absolute Gasteiger partial charge is 0.302 e. The van der Waals surface area contributed by atoms with Crippen molar-refractivity contribution in [3.05, 3.63) is 59.7 Å². The van der Waals surface area contributed by atoms with Crippen molar-refractivity contribution >= 4 is 45.3 Å². The highest BCUT2D eigenvalue weighted by Crippen LogP contribution is 2.40. The number of carbonyl (C=O) groups excluding carboxylic acids is 4. The first-order valence-corrected chi connectivity index (χ1v) is 12.9. The van der Waals surface area contributed by atoms with Gasteiger partial charge in [-0.05, 0) is 37.1 Å². The molecule has 2 rings (SSSR count). The van der Waals surface area contributed by atoms with Crippen LogP contribution in [0.1, 0.15) is 47.4 Å². The lowest BCUT2D eigenvalue weighted by Gasteiger charge is -2.12. The van der Waals surface area contributed by atoms with E-state index < -0.39 is 0 Å². The Labute approximate surface area is 206 Å². The first-order valence-electron chi connectivity index (χ1n) is 10.7. The number of nitrogens with one attached hydrogen (secondary N) is 2. The van der Waals surface area contributed by atoms with E-state index in [0.29, 0.717) is 37.1 Å².